The fourth-order valence-electron chi connectivity index (χ4n) is 2.51. The molecule has 0 saturated heterocycles. The number of carbonyl (C=O) groups is 1. The van der Waals surface area contributed by atoms with Crippen LogP contribution < -0.4 is 14.8 Å². The number of anilines is 1. The Balaban J connectivity index is 2.32. The highest BCUT2D eigenvalue weighted by Gasteiger charge is 2.30. The lowest BCUT2D eigenvalue weighted by Gasteiger charge is -2.17. The normalized spacial score (nSPS) is 12.6. The number of nitrogens with zero attached hydrogens (tertiary/aromatic N) is 1. The number of carbonyl (C=O) groups excluding carboxylic acids is 1. The largest absolute Gasteiger partial charge is 0.493 e. The zero-order valence-electron chi connectivity index (χ0n) is 17.0. The molecule has 2 aromatic carbocycles. The van der Waals surface area contributed by atoms with Gasteiger partial charge in [-0.3, -0.25) is 4.79 Å². The molecule has 0 radical (unpaired) electrons. The number of nitrogens with one attached hydrogen (secondary N) is 1. The molecule has 1 N–H and O–H groups in total. The molecule has 2 aromatic rings. The lowest BCUT2D eigenvalue weighted by molar-refractivity contribution is -0.137. The number of amides is 1. The number of nitriles is 1. The zero-order valence-corrected chi connectivity index (χ0v) is 18.6. The van der Waals surface area contributed by atoms with Crippen molar-refractivity contribution in [2.75, 3.05) is 12.4 Å². The summed E-state index contributed by atoms with van der Waals surface area (Å²) in [6.45, 7) is 3.88. The molecular formula is C22H20BrF3N2O3. The Bertz CT molecular complexity index is 1030. The van der Waals surface area contributed by atoms with Gasteiger partial charge in [-0.2, -0.15) is 18.4 Å². The lowest BCUT2D eigenvalue weighted by Crippen LogP contribution is -2.14. The summed E-state index contributed by atoms with van der Waals surface area (Å²) in [5.41, 5.74) is -0.798. The van der Waals surface area contributed by atoms with E-state index >= 15 is 0 Å². The standard InChI is InChI=1S/C22H20BrF3N2O3/c1-4-13(2)31-20-18(23)9-14(10-19(20)30-3)8-15(12-27)21(29)28-17-7-5-6-16(11-17)22(24,25)26/h5-11,13H,4H2,1-3H3,(H,28,29)/b15-8-/t13-/m0/s1. The number of rotatable bonds is 7. The molecule has 1 atom stereocenters. The Kier molecular flexibility index (Phi) is 8.11. The highest BCUT2D eigenvalue weighted by Crippen LogP contribution is 2.38. The van der Waals surface area contributed by atoms with E-state index in [4.69, 9.17) is 9.47 Å². The Hall–Kier alpha value is -2.99. The van der Waals surface area contributed by atoms with Crippen LogP contribution >= 0.6 is 15.9 Å². The number of hydrogen-bond donors (Lipinski definition) is 1. The summed E-state index contributed by atoms with van der Waals surface area (Å²) in [5.74, 6) is 0.0503. The molecule has 0 saturated carbocycles. The molecule has 31 heavy (non-hydrogen) atoms. The van der Waals surface area contributed by atoms with Crippen molar-refractivity contribution in [1.29, 1.82) is 5.26 Å². The van der Waals surface area contributed by atoms with E-state index in [-0.39, 0.29) is 17.4 Å². The van der Waals surface area contributed by atoms with Gasteiger partial charge in [0.2, 0.25) is 0 Å². The first-order chi connectivity index (χ1) is 14.6. The highest BCUT2D eigenvalue weighted by molar-refractivity contribution is 9.10. The molecule has 0 fully saturated rings. The smallest absolute Gasteiger partial charge is 0.416 e. The summed E-state index contributed by atoms with van der Waals surface area (Å²) in [6.07, 6.45) is -2.51. The van der Waals surface area contributed by atoms with Gasteiger partial charge in [0.1, 0.15) is 11.6 Å². The maximum atomic E-state index is 12.9. The first-order valence-electron chi connectivity index (χ1n) is 9.23. The fourth-order valence-corrected chi connectivity index (χ4v) is 3.06. The van der Waals surface area contributed by atoms with Crippen molar-refractivity contribution in [2.45, 2.75) is 32.5 Å². The first-order valence-corrected chi connectivity index (χ1v) is 10.0. The van der Waals surface area contributed by atoms with Crippen molar-refractivity contribution >= 4 is 33.6 Å². The molecule has 5 nitrogen and oxygen atoms in total. The Morgan fingerprint density at radius 3 is 2.61 bits per heavy atom. The molecule has 9 heteroatoms. The topological polar surface area (TPSA) is 71.3 Å². The third-order valence-corrected chi connectivity index (χ3v) is 4.86. The number of hydrogen-bond acceptors (Lipinski definition) is 4. The SMILES string of the molecule is CC[C@H](C)Oc1c(Br)cc(/C=C(/C#N)C(=O)Nc2cccc(C(F)(F)F)c2)cc1OC. The van der Waals surface area contributed by atoms with Crippen molar-refractivity contribution in [2.24, 2.45) is 0 Å². The number of benzene rings is 2. The average molecular weight is 497 g/mol. The van der Waals surface area contributed by atoms with Crippen LogP contribution in [0.25, 0.3) is 6.08 Å². The van der Waals surface area contributed by atoms with Gasteiger partial charge in [-0.1, -0.05) is 13.0 Å². The summed E-state index contributed by atoms with van der Waals surface area (Å²) in [5, 5.41) is 11.7. The van der Waals surface area contributed by atoms with Crippen LogP contribution in [-0.2, 0) is 11.0 Å². The molecule has 0 aliphatic rings. The monoisotopic (exact) mass is 496 g/mol. The predicted molar refractivity (Wildman–Crippen MR) is 115 cm³/mol. The maximum Gasteiger partial charge on any atom is 0.416 e. The number of alkyl halides is 3. The summed E-state index contributed by atoms with van der Waals surface area (Å²) in [4.78, 5) is 12.4. The van der Waals surface area contributed by atoms with Crippen LogP contribution in [0, 0.1) is 11.3 Å². The van der Waals surface area contributed by atoms with E-state index in [1.807, 2.05) is 13.8 Å². The molecule has 0 unspecified atom stereocenters. The molecule has 0 heterocycles. The second-order valence-electron chi connectivity index (χ2n) is 6.57. The molecule has 0 aliphatic carbocycles. The van der Waals surface area contributed by atoms with Gasteiger partial charge in [0.25, 0.3) is 5.91 Å². The second-order valence-corrected chi connectivity index (χ2v) is 7.43. The Labute approximate surface area is 186 Å². The van der Waals surface area contributed by atoms with Gasteiger partial charge in [-0.15, -0.1) is 0 Å². The van der Waals surface area contributed by atoms with Crippen molar-refractivity contribution in [3.63, 3.8) is 0 Å². The van der Waals surface area contributed by atoms with Gasteiger partial charge < -0.3 is 14.8 Å². The lowest BCUT2D eigenvalue weighted by atomic mass is 10.1. The number of methoxy groups -OCH3 is 1. The van der Waals surface area contributed by atoms with Crippen LogP contribution in [0.5, 0.6) is 11.5 Å². The number of ether oxygens (including phenoxy) is 2. The van der Waals surface area contributed by atoms with Gasteiger partial charge >= 0.3 is 6.18 Å². The van der Waals surface area contributed by atoms with Crippen molar-refractivity contribution in [3.05, 3.63) is 57.6 Å². The Morgan fingerprint density at radius 2 is 2.03 bits per heavy atom. The van der Waals surface area contributed by atoms with E-state index < -0.39 is 17.6 Å². The fraction of sp³-hybridized carbons (Fsp3) is 0.273. The molecular weight excluding hydrogens is 477 g/mol. The average Bonchev–Trinajstić information content (AvgIpc) is 2.72. The van der Waals surface area contributed by atoms with Crippen LogP contribution in [0.3, 0.4) is 0 Å². The Morgan fingerprint density at radius 1 is 1.32 bits per heavy atom. The first kappa shape index (κ1) is 24.3. The van der Waals surface area contributed by atoms with Gasteiger partial charge in [0.15, 0.2) is 11.5 Å². The minimum Gasteiger partial charge on any atom is -0.493 e. The second kappa shape index (κ2) is 10.4. The van der Waals surface area contributed by atoms with Gasteiger partial charge in [-0.05, 0) is 71.2 Å². The van der Waals surface area contributed by atoms with Crippen LogP contribution in [0.4, 0.5) is 18.9 Å². The third-order valence-electron chi connectivity index (χ3n) is 4.27. The van der Waals surface area contributed by atoms with E-state index in [9.17, 15) is 23.2 Å². The summed E-state index contributed by atoms with van der Waals surface area (Å²) < 4.78 is 50.3. The van der Waals surface area contributed by atoms with Crippen LogP contribution in [-0.4, -0.2) is 19.1 Å². The molecule has 2 rings (SSSR count). The van der Waals surface area contributed by atoms with Crippen molar-refractivity contribution in [1.82, 2.24) is 0 Å². The molecule has 1 amide bonds. The van der Waals surface area contributed by atoms with Gasteiger partial charge in [0, 0.05) is 5.69 Å². The van der Waals surface area contributed by atoms with Crippen molar-refractivity contribution < 1.29 is 27.4 Å². The van der Waals surface area contributed by atoms with Crippen LogP contribution in [0.15, 0.2) is 46.4 Å². The molecule has 0 bridgehead atoms. The summed E-state index contributed by atoms with van der Waals surface area (Å²) >= 11 is 3.40. The van der Waals surface area contributed by atoms with Gasteiger partial charge in [0.05, 0.1) is 23.2 Å². The van der Waals surface area contributed by atoms with Crippen LogP contribution in [0.1, 0.15) is 31.4 Å². The maximum absolute atomic E-state index is 12.9. The van der Waals surface area contributed by atoms with E-state index in [0.717, 1.165) is 18.6 Å². The van der Waals surface area contributed by atoms with Gasteiger partial charge in [-0.25, -0.2) is 0 Å². The number of halogens is 4. The van der Waals surface area contributed by atoms with E-state index in [0.29, 0.717) is 21.5 Å². The van der Waals surface area contributed by atoms with E-state index in [1.165, 1.54) is 25.3 Å². The predicted octanol–water partition coefficient (Wildman–Crippen LogP) is 6.20. The van der Waals surface area contributed by atoms with Crippen LogP contribution in [0.2, 0.25) is 0 Å². The molecule has 0 aromatic heterocycles. The zero-order chi connectivity index (χ0) is 23.2. The minimum absolute atomic E-state index is 0.0560. The quantitative estimate of drug-likeness (QED) is 0.365. The molecule has 164 valence electrons. The summed E-state index contributed by atoms with van der Waals surface area (Å²) in [7, 11) is 1.46. The van der Waals surface area contributed by atoms with Crippen molar-refractivity contribution in [3.8, 4) is 17.6 Å². The highest BCUT2D eigenvalue weighted by atomic mass is 79.9. The third kappa shape index (κ3) is 6.49. The van der Waals surface area contributed by atoms with E-state index in [1.54, 1.807) is 18.2 Å². The molecule has 0 aliphatic heterocycles. The van der Waals surface area contributed by atoms with E-state index in [2.05, 4.69) is 21.2 Å². The molecule has 0 spiro atoms. The minimum atomic E-state index is -4.55. The summed E-state index contributed by atoms with van der Waals surface area (Å²) in [6, 6.07) is 9.18.